The molecule has 1 heterocycles. The summed E-state index contributed by atoms with van der Waals surface area (Å²) in [7, 11) is 1.96. The summed E-state index contributed by atoms with van der Waals surface area (Å²) in [6, 6.07) is 5.15. The maximum Gasteiger partial charge on any atom is 0.283 e. The Hall–Kier alpha value is -1.73. The Morgan fingerprint density at radius 3 is 2.95 bits per heavy atom. The van der Waals surface area contributed by atoms with Gasteiger partial charge in [0.2, 0.25) is 0 Å². The van der Waals surface area contributed by atoms with Gasteiger partial charge < -0.3 is 9.88 Å². The van der Waals surface area contributed by atoms with Gasteiger partial charge in [-0.15, -0.1) is 0 Å². The van der Waals surface area contributed by atoms with Crippen LogP contribution in [-0.2, 0) is 20.0 Å². The van der Waals surface area contributed by atoms with Crippen LogP contribution in [0, 0.1) is 10.1 Å². The van der Waals surface area contributed by atoms with Crippen molar-refractivity contribution in [2.45, 2.75) is 13.0 Å². The van der Waals surface area contributed by atoms with E-state index in [0.717, 1.165) is 24.4 Å². The fourth-order valence-corrected chi connectivity index (χ4v) is 2.27. The third kappa shape index (κ3) is 3.64. The summed E-state index contributed by atoms with van der Waals surface area (Å²) in [5.41, 5.74) is 0.980. The minimum absolute atomic E-state index is 0.0911. The average Bonchev–Trinajstić information content (AvgIpc) is 2.82. The molecule has 0 bridgehead atoms. The number of imidazole rings is 1. The van der Waals surface area contributed by atoms with Crippen molar-refractivity contribution in [3.63, 3.8) is 0 Å². The van der Waals surface area contributed by atoms with Crippen LogP contribution in [0.2, 0.25) is 0 Å². The van der Waals surface area contributed by atoms with E-state index in [2.05, 4.69) is 26.2 Å². The fourth-order valence-electron chi connectivity index (χ4n) is 1.88. The van der Waals surface area contributed by atoms with Crippen LogP contribution in [0.4, 0.5) is 5.69 Å². The molecule has 2 rings (SSSR count). The van der Waals surface area contributed by atoms with E-state index in [1.54, 1.807) is 18.3 Å². The molecular weight excluding hydrogens is 324 g/mol. The largest absolute Gasteiger partial charge is 0.338 e. The zero-order chi connectivity index (χ0) is 14.5. The Balaban J connectivity index is 1.87. The molecule has 0 aliphatic heterocycles. The lowest BCUT2D eigenvalue weighted by Gasteiger charge is -2.06. The lowest BCUT2D eigenvalue weighted by Crippen LogP contribution is -2.18. The number of aryl methyl sites for hydroxylation is 1. The Morgan fingerprint density at radius 2 is 2.30 bits per heavy atom. The lowest BCUT2D eigenvalue weighted by atomic mass is 10.2. The molecule has 0 atom stereocenters. The van der Waals surface area contributed by atoms with E-state index < -0.39 is 0 Å². The molecule has 0 aliphatic carbocycles. The van der Waals surface area contributed by atoms with Crippen LogP contribution in [0.15, 0.2) is 35.1 Å². The van der Waals surface area contributed by atoms with Gasteiger partial charge in [-0.3, -0.25) is 10.1 Å². The number of halogens is 1. The number of hydrogen-bond acceptors (Lipinski definition) is 4. The first-order valence-electron chi connectivity index (χ1n) is 6.17. The van der Waals surface area contributed by atoms with Gasteiger partial charge in [0.05, 0.1) is 9.40 Å². The molecule has 7 heteroatoms. The summed E-state index contributed by atoms with van der Waals surface area (Å²) in [6.45, 7) is 1.37. The van der Waals surface area contributed by atoms with Gasteiger partial charge in [-0.2, -0.15) is 0 Å². The first-order valence-corrected chi connectivity index (χ1v) is 6.97. The predicted molar refractivity (Wildman–Crippen MR) is 79.4 cm³/mol. The number of nitrogens with zero attached hydrogens (tertiary/aromatic N) is 3. The van der Waals surface area contributed by atoms with E-state index in [0.29, 0.717) is 11.0 Å². The number of nitro groups is 1. The highest BCUT2D eigenvalue weighted by Crippen LogP contribution is 2.25. The Kier molecular flexibility index (Phi) is 4.86. The lowest BCUT2D eigenvalue weighted by molar-refractivity contribution is -0.385. The van der Waals surface area contributed by atoms with Gasteiger partial charge in [-0.1, -0.05) is 6.07 Å². The molecule has 0 amide bonds. The molecule has 0 aliphatic rings. The maximum absolute atomic E-state index is 10.8. The number of nitrogens with one attached hydrogen (secondary N) is 1. The molecule has 1 aromatic heterocycles. The van der Waals surface area contributed by atoms with Crippen LogP contribution in [-0.4, -0.2) is 21.0 Å². The quantitative estimate of drug-likeness (QED) is 0.498. The first-order chi connectivity index (χ1) is 9.58. The van der Waals surface area contributed by atoms with Crippen molar-refractivity contribution >= 4 is 21.6 Å². The molecule has 0 unspecified atom stereocenters. The monoisotopic (exact) mass is 338 g/mol. The van der Waals surface area contributed by atoms with Crippen molar-refractivity contribution in [2.75, 3.05) is 6.54 Å². The van der Waals surface area contributed by atoms with Gasteiger partial charge in [-0.25, -0.2) is 4.98 Å². The van der Waals surface area contributed by atoms with Crippen molar-refractivity contribution in [1.82, 2.24) is 14.9 Å². The first kappa shape index (κ1) is 14.7. The number of benzene rings is 1. The van der Waals surface area contributed by atoms with Crippen molar-refractivity contribution in [1.29, 1.82) is 0 Å². The highest BCUT2D eigenvalue weighted by Gasteiger charge is 2.11. The zero-order valence-corrected chi connectivity index (χ0v) is 12.6. The number of aromatic nitrogens is 2. The molecule has 1 aromatic carbocycles. The van der Waals surface area contributed by atoms with Crippen molar-refractivity contribution in [2.24, 2.45) is 7.05 Å². The van der Waals surface area contributed by atoms with E-state index in [1.165, 1.54) is 0 Å². The summed E-state index contributed by atoms with van der Waals surface area (Å²) in [6.07, 6.45) is 4.50. The van der Waals surface area contributed by atoms with Gasteiger partial charge >= 0.3 is 0 Å². The molecule has 0 saturated heterocycles. The Labute approximate surface area is 125 Å². The summed E-state index contributed by atoms with van der Waals surface area (Å²) < 4.78 is 2.48. The van der Waals surface area contributed by atoms with E-state index >= 15 is 0 Å². The summed E-state index contributed by atoms with van der Waals surface area (Å²) >= 11 is 3.17. The van der Waals surface area contributed by atoms with Crippen molar-refractivity contribution in [3.05, 3.63) is 56.6 Å². The molecule has 20 heavy (non-hydrogen) atoms. The number of hydrogen-bond donors (Lipinski definition) is 1. The molecule has 0 saturated carbocycles. The number of rotatable bonds is 6. The molecule has 0 spiro atoms. The molecule has 1 N–H and O–H groups in total. The normalized spacial score (nSPS) is 10.7. The third-order valence-corrected chi connectivity index (χ3v) is 3.65. The van der Waals surface area contributed by atoms with E-state index in [-0.39, 0.29) is 10.6 Å². The maximum atomic E-state index is 10.8. The van der Waals surface area contributed by atoms with Gasteiger partial charge in [0.15, 0.2) is 0 Å². The van der Waals surface area contributed by atoms with Gasteiger partial charge in [0, 0.05) is 45.0 Å². The molecule has 0 fully saturated rings. The SMILES string of the molecule is Cn1ccnc1CCNCc1ccc(Br)c([N+](=O)[O-])c1. The Morgan fingerprint density at radius 1 is 1.50 bits per heavy atom. The fraction of sp³-hybridized carbons (Fsp3) is 0.308. The van der Waals surface area contributed by atoms with Crippen LogP contribution in [0.3, 0.4) is 0 Å². The molecule has 0 radical (unpaired) electrons. The second-order valence-electron chi connectivity index (χ2n) is 4.42. The summed E-state index contributed by atoms with van der Waals surface area (Å²) in [4.78, 5) is 14.7. The van der Waals surface area contributed by atoms with Gasteiger partial charge in [0.25, 0.3) is 5.69 Å². The van der Waals surface area contributed by atoms with Crippen molar-refractivity contribution < 1.29 is 4.92 Å². The van der Waals surface area contributed by atoms with Crippen LogP contribution < -0.4 is 5.32 Å². The molecular formula is C13H15BrN4O2. The van der Waals surface area contributed by atoms with Crippen LogP contribution in [0.5, 0.6) is 0 Å². The minimum Gasteiger partial charge on any atom is -0.338 e. The van der Waals surface area contributed by atoms with Crippen LogP contribution in [0.25, 0.3) is 0 Å². The standard InChI is InChI=1S/C13H15BrN4O2/c1-17-7-6-16-13(17)4-5-15-9-10-2-3-11(14)12(8-10)18(19)20/h2-3,6-8,15H,4-5,9H2,1H3. The van der Waals surface area contributed by atoms with E-state index in [1.807, 2.05) is 23.9 Å². The smallest absolute Gasteiger partial charge is 0.283 e. The van der Waals surface area contributed by atoms with Crippen LogP contribution >= 0.6 is 15.9 Å². The second kappa shape index (κ2) is 6.62. The predicted octanol–water partition coefficient (Wildman–Crippen LogP) is 2.42. The Bertz CT molecular complexity index is 612. The average molecular weight is 339 g/mol. The second-order valence-corrected chi connectivity index (χ2v) is 5.28. The van der Waals surface area contributed by atoms with Gasteiger partial charge in [-0.05, 0) is 27.6 Å². The van der Waals surface area contributed by atoms with Gasteiger partial charge in [0.1, 0.15) is 5.82 Å². The molecule has 106 valence electrons. The number of nitro benzene ring substituents is 1. The van der Waals surface area contributed by atoms with E-state index in [4.69, 9.17) is 0 Å². The summed E-state index contributed by atoms with van der Waals surface area (Å²) in [5.74, 6) is 1.01. The highest BCUT2D eigenvalue weighted by molar-refractivity contribution is 9.10. The molecule has 6 nitrogen and oxygen atoms in total. The zero-order valence-electron chi connectivity index (χ0n) is 11.0. The highest BCUT2D eigenvalue weighted by atomic mass is 79.9. The van der Waals surface area contributed by atoms with E-state index in [9.17, 15) is 10.1 Å². The van der Waals surface area contributed by atoms with Crippen molar-refractivity contribution in [3.8, 4) is 0 Å². The molecule has 2 aromatic rings. The summed E-state index contributed by atoms with van der Waals surface area (Å²) in [5, 5.41) is 14.1. The topological polar surface area (TPSA) is 73.0 Å². The minimum atomic E-state index is -0.387. The third-order valence-electron chi connectivity index (χ3n) is 2.98. The van der Waals surface area contributed by atoms with Crippen LogP contribution in [0.1, 0.15) is 11.4 Å².